The van der Waals surface area contributed by atoms with Crippen molar-refractivity contribution in [2.24, 2.45) is 5.92 Å². The first kappa shape index (κ1) is 15.0. The van der Waals surface area contributed by atoms with Gasteiger partial charge in [0.1, 0.15) is 0 Å². The minimum atomic E-state index is -4.25. The van der Waals surface area contributed by atoms with E-state index < -0.39 is 11.7 Å². The predicted octanol–water partition coefficient (Wildman–Crippen LogP) is 4.23. The van der Waals surface area contributed by atoms with Crippen LogP contribution in [0.2, 0.25) is 0 Å². The fourth-order valence-corrected chi connectivity index (χ4v) is 1.68. The van der Waals surface area contributed by atoms with Crippen LogP contribution in [0.3, 0.4) is 0 Å². The minimum Gasteiger partial charge on any atom is -0.313 e. The fraction of sp³-hybridized carbons (Fsp3) is 0.571. The lowest BCUT2D eigenvalue weighted by atomic mass is 10.1. The van der Waals surface area contributed by atoms with Gasteiger partial charge in [-0.2, -0.15) is 13.2 Å². The first-order valence-electron chi connectivity index (χ1n) is 6.26. The van der Waals surface area contributed by atoms with Gasteiger partial charge in [0.15, 0.2) is 0 Å². The lowest BCUT2D eigenvalue weighted by molar-refractivity contribution is -0.137. The molecule has 1 nitrogen and oxygen atoms in total. The average molecular weight is 259 g/mol. The van der Waals surface area contributed by atoms with Gasteiger partial charge in [-0.1, -0.05) is 26.0 Å². The SMILES string of the molecule is CC(C)CCCNCc1ccc(C(F)(F)F)cc1. The summed E-state index contributed by atoms with van der Waals surface area (Å²) in [4.78, 5) is 0. The topological polar surface area (TPSA) is 12.0 Å². The highest BCUT2D eigenvalue weighted by molar-refractivity contribution is 5.24. The summed E-state index contributed by atoms with van der Waals surface area (Å²) in [7, 11) is 0. The number of hydrogen-bond donors (Lipinski definition) is 1. The van der Waals surface area contributed by atoms with E-state index in [9.17, 15) is 13.2 Å². The zero-order chi connectivity index (χ0) is 13.6. The smallest absolute Gasteiger partial charge is 0.313 e. The molecule has 0 unspecified atom stereocenters. The first-order chi connectivity index (χ1) is 8.39. The van der Waals surface area contributed by atoms with Crippen LogP contribution in [0.15, 0.2) is 24.3 Å². The molecule has 0 radical (unpaired) electrons. The van der Waals surface area contributed by atoms with Gasteiger partial charge in [-0.15, -0.1) is 0 Å². The van der Waals surface area contributed by atoms with Crippen LogP contribution >= 0.6 is 0 Å². The van der Waals surface area contributed by atoms with E-state index in [1.807, 2.05) is 0 Å². The van der Waals surface area contributed by atoms with Crippen LogP contribution in [0.25, 0.3) is 0 Å². The van der Waals surface area contributed by atoms with Crippen molar-refractivity contribution in [3.63, 3.8) is 0 Å². The Kier molecular flexibility index (Phi) is 5.66. The van der Waals surface area contributed by atoms with Crippen molar-refractivity contribution >= 4 is 0 Å². The Bertz CT molecular complexity index is 341. The number of rotatable bonds is 6. The molecule has 0 aliphatic heterocycles. The van der Waals surface area contributed by atoms with Crippen LogP contribution in [0.5, 0.6) is 0 Å². The number of alkyl halides is 3. The van der Waals surface area contributed by atoms with Gasteiger partial charge < -0.3 is 5.32 Å². The molecule has 102 valence electrons. The van der Waals surface area contributed by atoms with E-state index in [1.54, 1.807) is 0 Å². The van der Waals surface area contributed by atoms with Crippen LogP contribution in [-0.2, 0) is 12.7 Å². The van der Waals surface area contributed by atoms with Gasteiger partial charge in [0.05, 0.1) is 5.56 Å². The third-order valence-electron chi connectivity index (χ3n) is 2.75. The molecular formula is C14H20F3N. The van der Waals surface area contributed by atoms with Crippen LogP contribution < -0.4 is 5.32 Å². The van der Waals surface area contributed by atoms with Gasteiger partial charge in [-0.3, -0.25) is 0 Å². The summed E-state index contributed by atoms with van der Waals surface area (Å²) < 4.78 is 37.0. The van der Waals surface area contributed by atoms with Crippen LogP contribution in [-0.4, -0.2) is 6.54 Å². The zero-order valence-electron chi connectivity index (χ0n) is 10.8. The molecule has 0 aliphatic rings. The van der Waals surface area contributed by atoms with E-state index in [1.165, 1.54) is 18.6 Å². The Morgan fingerprint density at radius 1 is 1.11 bits per heavy atom. The maximum Gasteiger partial charge on any atom is 0.416 e. The van der Waals surface area contributed by atoms with Crippen molar-refractivity contribution in [1.82, 2.24) is 5.32 Å². The Hall–Kier alpha value is -1.03. The maximum atomic E-state index is 12.3. The van der Waals surface area contributed by atoms with Crippen molar-refractivity contribution in [2.45, 2.75) is 39.4 Å². The molecule has 0 bridgehead atoms. The van der Waals surface area contributed by atoms with Crippen molar-refractivity contribution in [3.05, 3.63) is 35.4 Å². The highest BCUT2D eigenvalue weighted by Gasteiger charge is 2.29. The summed E-state index contributed by atoms with van der Waals surface area (Å²) in [5, 5.41) is 3.23. The largest absolute Gasteiger partial charge is 0.416 e. The highest BCUT2D eigenvalue weighted by atomic mass is 19.4. The van der Waals surface area contributed by atoms with Gasteiger partial charge in [-0.25, -0.2) is 0 Å². The van der Waals surface area contributed by atoms with E-state index in [0.29, 0.717) is 12.5 Å². The van der Waals surface area contributed by atoms with Gasteiger partial charge in [0.2, 0.25) is 0 Å². The molecule has 1 rings (SSSR count). The molecule has 4 heteroatoms. The van der Waals surface area contributed by atoms with Gasteiger partial charge in [0, 0.05) is 6.54 Å². The molecule has 18 heavy (non-hydrogen) atoms. The Morgan fingerprint density at radius 2 is 1.72 bits per heavy atom. The summed E-state index contributed by atoms with van der Waals surface area (Å²) in [6.07, 6.45) is -1.98. The second-order valence-corrected chi connectivity index (χ2v) is 4.91. The molecule has 0 saturated heterocycles. The quantitative estimate of drug-likeness (QED) is 0.754. The molecule has 1 aromatic rings. The van der Waals surface area contributed by atoms with Gasteiger partial charge in [0.25, 0.3) is 0 Å². The predicted molar refractivity (Wildman–Crippen MR) is 67.2 cm³/mol. The third kappa shape index (κ3) is 5.54. The van der Waals surface area contributed by atoms with Gasteiger partial charge >= 0.3 is 6.18 Å². The minimum absolute atomic E-state index is 0.592. The molecular weight excluding hydrogens is 239 g/mol. The van der Waals surface area contributed by atoms with Crippen molar-refractivity contribution in [3.8, 4) is 0 Å². The number of benzene rings is 1. The number of hydrogen-bond acceptors (Lipinski definition) is 1. The average Bonchev–Trinajstić information content (AvgIpc) is 2.27. The molecule has 0 spiro atoms. The van der Waals surface area contributed by atoms with Crippen LogP contribution in [0.1, 0.15) is 37.8 Å². The van der Waals surface area contributed by atoms with E-state index >= 15 is 0 Å². The summed E-state index contributed by atoms with van der Waals surface area (Å²) in [5.74, 6) is 0.692. The maximum absolute atomic E-state index is 12.3. The highest BCUT2D eigenvalue weighted by Crippen LogP contribution is 2.28. The molecule has 1 N–H and O–H groups in total. The van der Waals surface area contributed by atoms with E-state index in [2.05, 4.69) is 19.2 Å². The van der Waals surface area contributed by atoms with Crippen molar-refractivity contribution < 1.29 is 13.2 Å². The molecule has 0 aliphatic carbocycles. The number of nitrogens with one attached hydrogen (secondary N) is 1. The monoisotopic (exact) mass is 259 g/mol. The Morgan fingerprint density at radius 3 is 2.22 bits per heavy atom. The van der Waals surface area contributed by atoms with E-state index in [4.69, 9.17) is 0 Å². The lowest BCUT2D eigenvalue weighted by Crippen LogP contribution is -2.15. The first-order valence-corrected chi connectivity index (χ1v) is 6.26. The second kappa shape index (κ2) is 6.78. The standard InChI is InChI=1S/C14H20F3N/c1-11(2)4-3-9-18-10-12-5-7-13(8-6-12)14(15,16)17/h5-8,11,18H,3-4,9-10H2,1-2H3. The lowest BCUT2D eigenvalue weighted by Gasteiger charge is -2.09. The molecule has 0 heterocycles. The third-order valence-corrected chi connectivity index (χ3v) is 2.75. The summed E-state index contributed by atoms with van der Waals surface area (Å²) in [5.41, 5.74) is 0.290. The van der Waals surface area contributed by atoms with Crippen molar-refractivity contribution in [1.29, 1.82) is 0 Å². The molecule has 0 atom stereocenters. The second-order valence-electron chi connectivity index (χ2n) is 4.91. The summed E-state index contributed by atoms with van der Waals surface area (Å²) in [6, 6.07) is 5.31. The van der Waals surface area contributed by atoms with Gasteiger partial charge in [-0.05, 0) is 43.0 Å². The number of halogens is 3. The molecule has 0 aromatic heterocycles. The van der Waals surface area contributed by atoms with Crippen LogP contribution in [0, 0.1) is 5.92 Å². The fourth-order valence-electron chi connectivity index (χ4n) is 1.68. The van der Waals surface area contributed by atoms with E-state index in [0.717, 1.165) is 30.7 Å². The normalized spacial score (nSPS) is 12.1. The summed E-state index contributed by atoms with van der Waals surface area (Å²) >= 11 is 0. The van der Waals surface area contributed by atoms with Crippen LogP contribution in [0.4, 0.5) is 13.2 Å². The van der Waals surface area contributed by atoms with E-state index in [-0.39, 0.29) is 0 Å². The Labute approximate surface area is 106 Å². The molecule has 0 amide bonds. The Balaban J connectivity index is 2.31. The summed E-state index contributed by atoms with van der Waals surface area (Å²) in [6.45, 7) is 5.88. The molecule has 0 fully saturated rings. The van der Waals surface area contributed by atoms with Crippen molar-refractivity contribution in [2.75, 3.05) is 6.54 Å². The molecule has 0 saturated carbocycles. The molecule has 1 aromatic carbocycles. The zero-order valence-corrected chi connectivity index (χ0v) is 10.8.